The maximum Gasteiger partial charge on any atom is 0.241 e. The van der Waals surface area contributed by atoms with Gasteiger partial charge in [-0.15, -0.1) is 0 Å². The first kappa shape index (κ1) is 16.2. The molecule has 118 valence electrons. The fourth-order valence-corrected chi connectivity index (χ4v) is 2.66. The van der Waals surface area contributed by atoms with Crippen LogP contribution in [0.15, 0.2) is 30.3 Å². The average molecular weight is 302 g/mol. The number of hydrogen-bond acceptors (Lipinski definition) is 3. The molecule has 0 heterocycles. The summed E-state index contributed by atoms with van der Waals surface area (Å²) in [7, 11) is 0. The molecule has 1 aromatic rings. The summed E-state index contributed by atoms with van der Waals surface area (Å²) in [5.41, 5.74) is 5.46. The number of hydrogen-bond donors (Lipinski definition) is 2. The molecule has 0 saturated heterocycles. The number of Topliss-reactive ketones (excluding diaryl/α,β-unsaturated/α-hetero) is 1. The topological polar surface area (TPSA) is 75.3 Å². The standard InChI is InChI=1S/C17H22N2O3/c20-15(13-7-3-1-4-8-13)11-12-16(21)18-19-17(22)14-9-5-2-6-10-14/h1,3-4,7-8,14H,2,5-6,9-12H2,(H,18,21)(H,19,22). The van der Waals surface area contributed by atoms with Crippen LogP contribution in [-0.2, 0) is 9.59 Å². The van der Waals surface area contributed by atoms with E-state index in [0.29, 0.717) is 5.56 Å². The van der Waals surface area contributed by atoms with Gasteiger partial charge in [0.1, 0.15) is 0 Å². The van der Waals surface area contributed by atoms with Gasteiger partial charge in [0.25, 0.3) is 0 Å². The fourth-order valence-electron chi connectivity index (χ4n) is 2.66. The van der Waals surface area contributed by atoms with Gasteiger partial charge in [-0.2, -0.15) is 0 Å². The Bertz CT molecular complexity index is 522. The van der Waals surface area contributed by atoms with Crippen molar-refractivity contribution in [2.24, 2.45) is 5.92 Å². The van der Waals surface area contributed by atoms with Crippen LogP contribution in [-0.4, -0.2) is 17.6 Å². The van der Waals surface area contributed by atoms with Crippen LogP contribution in [0, 0.1) is 5.92 Å². The zero-order chi connectivity index (χ0) is 15.8. The van der Waals surface area contributed by atoms with E-state index in [2.05, 4.69) is 10.9 Å². The van der Waals surface area contributed by atoms with Gasteiger partial charge in [0, 0.05) is 24.3 Å². The molecule has 1 aliphatic carbocycles. The molecule has 1 aliphatic rings. The minimum Gasteiger partial charge on any atom is -0.294 e. The molecule has 0 spiro atoms. The molecular weight excluding hydrogens is 280 g/mol. The van der Waals surface area contributed by atoms with E-state index in [1.54, 1.807) is 24.3 Å². The maximum atomic E-state index is 11.9. The maximum absolute atomic E-state index is 11.9. The van der Waals surface area contributed by atoms with Crippen molar-refractivity contribution in [3.63, 3.8) is 0 Å². The van der Waals surface area contributed by atoms with Crippen molar-refractivity contribution in [3.8, 4) is 0 Å². The van der Waals surface area contributed by atoms with Crippen molar-refractivity contribution >= 4 is 17.6 Å². The van der Waals surface area contributed by atoms with Gasteiger partial charge < -0.3 is 0 Å². The summed E-state index contributed by atoms with van der Waals surface area (Å²) in [6.07, 6.45) is 5.28. The molecule has 1 aromatic carbocycles. The third kappa shape index (κ3) is 4.98. The molecule has 22 heavy (non-hydrogen) atoms. The molecule has 0 bridgehead atoms. The molecule has 0 aromatic heterocycles. The van der Waals surface area contributed by atoms with Gasteiger partial charge in [-0.05, 0) is 12.8 Å². The second-order valence-corrected chi connectivity index (χ2v) is 5.66. The molecular formula is C17H22N2O3. The minimum absolute atomic E-state index is 0.000000652. The smallest absolute Gasteiger partial charge is 0.241 e. The zero-order valence-electron chi connectivity index (χ0n) is 12.6. The van der Waals surface area contributed by atoms with Crippen molar-refractivity contribution in [2.45, 2.75) is 44.9 Å². The second kappa shape index (κ2) is 8.32. The number of nitrogens with one attached hydrogen (secondary N) is 2. The number of carbonyl (C=O) groups is 3. The van der Waals surface area contributed by atoms with E-state index < -0.39 is 0 Å². The van der Waals surface area contributed by atoms with E-state index in [9.17, 15) is 14.4 Å². The molecule has 0 atom stereocenters. The average Bonchev–Trinajstić information content (AvgIpc) is 2.59. The van der Waals surface area contributed by atoms with Crippen molar-refractivity contribution in [1.82, 2.24) is 10.9 Å². The predicted molar refractivity (Wildman–Crippen MR) is 82.9 cm³/mol. The molecule has 5 heteroatoms. The van der Waals surface area contributed by atoms with Gasteiger partial charge in [0.05, 0.1) is 0 Å². The predicted octanol–water partition coefficient (Wildman–Crippen LogP) is 2.38. The normalized spacial score (nSPS) is 15.1. The highest BCUT2D eigenvalue weighted by Crippen LogP contribution is 2.23. The lowest BCUT2D eigenvalue weighted by Crippen LogP contribution is -2.45. The number of amides is 2. The van der Waals surface area contributed by atoms with Crippen LogP contribution in [0.1, 0.15) is 55.3 Å². The van der Waals surface area contributed by atoms with Gasteiger partial charge in [-0.1, -0.05) is 49.6 Å². The number of ketones is 1. The summed E-state index contributed by atoms with van der Waals surface area (Å²) in [4.78, 5) is 35.4. The number of benzene rings is 1. The zero-order valence-corrected chi connectivity index (χ0v) is 12.6. The van der Waals surface area contributed by atoms with Gasteiger partial charge in [0.2, 0.25) is 11.8 Å². The number of rotatable bonds is 5. The lowest BCUT2D eigenvalue weighted by molar-refractivity contribution is -0.131. The first-order valence-corrected chi connectivity index (χ1v) is 7.84. The largest absolute Gasteiger partial charge is 0.294 e. The summed E-state index contributed by atoms with van der Waals surface area (Å²) < 4.78 is 0. The molecule has 2 amide bonds. The van der Waals surface area contributed by atoms with E-state index >= 15 is 0 Å². The molecule has 1 saturated carbocycles. The van der Waals surface area contributed by atoms with E-state index in [1.165, 1.54) is 6.42 Å². The molecule has 1 fully saturated rings. The van der Waals surface area contributed by atoms with Crippen LogP contribution in [0.4, 0.5) is 0 Å². The third-order valence-corrected chi connectivity index (χ3v) is 3.98. The Balaban J connectivity index is 1.67. The van der Waals surface area contributed by atoms with Gasteiger partial charge in [-0.3, -0.25) is 25.2 Å². The van der Waals surface area contributed by atoms with Crippen molar-refractivity contribution in [1.29, 1.82) is 0 Å². The third-order valence-electron chi connectivity index (χ3n) is 3.98. The van der Waals surface area contributed by atoms with Crippen molar-refractivity contribution in [2.75, 3.05) is 0 Å². The Morgan fingerprint density at radius 1 is 0.909 bits per heavy atom. The minimum atomic E-state index is -0.339. The van der Waals surface area contributed by atoms with Crippen molar-refractivity contribution in [3.05, 3.63) is 35.9 Å². The lowest BCUT2D eigenvalue weighted by Gasteiger charge is -2.20. The van der Waals surface area contributed by atoms with Gasteiger partial charge >= 0.3 is 0 Å². The summed E-state index contributed by atoms with van der Waals surface area (Å²) in [6, 6.07) is 8.87. The van der Waals surface area contributed by atoms with Crippen LogP contribution < -0.4 is 10.9 Å². The van der Waals surface area contributed by atoms with Crippen LogP contribution in [0.3, 0.4) is 0 Å². The SMILES string of the molecule is O=C(CCC(=O)c1ccccc1)NNC(=O)C1CCCCC1. The van der Waals surface area contributed by atoms with Crippen molar-refractivity contribution < 1.29 is 14.4 Å². The van der Waals surface area contributed by atoms with Crippen LogP contribution in [0.2, 0.25) is 0 Å². The highest BCUT2D eigenvalue weighted by Gasteiger charge is 2.21. The van der Waals surface area contributed by atoms with E-state index in [-0.39, 0.29) is 36.4 Å². The Morgan fingerprint density at radius 2 is 1.59 bits per heavy atom. The summed E-state index contributed by atoms with van der Waals surface area (Å²) in [5.74, 6) is -0.537. The number of carbonyl (C=O) groups excluding carboxylic acids is 3. The molecule has 0 radical (unpaired) electrons. The van der Waals surface area contributed by atoms with Crippen LogP contribution in [0.25, 0.3) is 0 Å². The first-order chi connectivity index (χ1) is 10.7. The van der Waals surface area contributed by atoms with Gasteiger partial charge in [-0.25, -0.2) is 0 Å². The van der Waals surface area contributed by atoms with Gasteiger partial charge in [0.15, 0.2) is 5.78 Å². The fraction of sp³-hybridized carbons (Fsp3) is 0.471. The van der Waals surface area contributed by atoms with E-state index in [0.717, 1.165) is 25.7 Å². The highest BCUT2D eigenvalue weighted by molar-refractivity contribution is 5.98. The Hall–Kier alpha value is -2.17. The van der Waals surface area contributed by atoms with Crippen LogP contribution >= 0.6 is 0 Å². The molecule has 2 rings (SSSR count). The van der Waals surface area contributed by atoms with Crippen LogP contribution in [0.5, 0.6) is 0 Å². The molecule has 0 aliphatic heterocycles. The second-order valence-electron chi connectivity index (χ2n) is 5.66. The Labute approximate surface area is 130 Å². The molecule has 5 nitrogen and oxygen atoms in total. The first-order valence-electron chi connectivity index (χ1n) is 7.84. The quantitative estimate of drug-likeness (QED) is 0.647. The monoisotopic (exact) mass is 302 g/mol. The highest BCUT2D eigenvalue weighted by atomic mass is 16.2. The van der Waals surface area contributed by atoms with E-state index in [4.69, 9.17) is 0 Å². The Kier molecular flexibility index (Phi) is 6.13. The molecule has 0 unspecified atom stereocenters. The lowest BCUT2D eigenvalue weighted by atomic mass is 9.89. The summed E-state index contributed by atoms with van der Waals surface area (Å²) in [6.45, 7) is 0. The number of hydrazine groups is 1. The van der Waals surface area contributed by atoms with E-state index in [1.807, 2.05) is 6.07 Å². The Morgan fingerprint density at radius 3 is 2.27 bits per heavy atom. The molecule has 2 N–H and O–H groups in total. The summed E-state index contributed by atoms with van der Waals surface area (Å²) >= 11 is 0. The summed E-state index contributed by atoms with van der Waals surface area (Å²) in [5, 5.41) is 0.